The molecule has 0 aliphatic carbocycles. The molecule has 0 spiro atoms. The Morgan fingerprint density at radius 1 is 1.38 bits per heavy atom. The molecule has 3 atom stereocenters. The second kappa shape index (κ2) is 7.34. The van der Waals surface area contributed by atoms with Gasteiger partial charge in [-0.25, -0.2) is 4.98 Å². The summed E-state index contributed by atoms with van der Waals surface area (Å²) in [5.74, 6) is 0. The Balaban J connectivity index is 1.86. The van der Waals surface area contributed by atoms with Crippen LogP contribution in [0.2, 0.25) is 0 Å². The van der Waals surface area contributed by atoms with Crippen LogP contribution in [0.1, 0.15) is 24.8 Å². The number of piperidine rings is 1. The van der Waals surface area contributed by atoms with Crippen molar-refractivity contribution in [2.45, 2.75) is 50.2 Å². The van der Waals surface area contributed by atoms with Crippen molar-refractivity contribution in [1.29, 1.82) is 0 Å². The first-order valence-corrected chi connectivity index (χ1v) is 8.42. The molecule has 9 heteroatoms. The van der Waals surface area contributed by atoms with Crippen molar-refractivity contribution < 1.29 is 23.4 Å². The zero-order valence-electron chi connectivity index (χ0n) is 13.9. The number of aliphatic hydroxyl groups excluding tert-OH is 2. The summed E-state index contributed by atoms with van der Waals surface area (Å²) < 4.78 is 40.5. The number of aromatic nitrogens is 2. The predicted molar refractivity (Wildman–Crippen MR) is 88.7 cm³/mol. The molecule has 3 N–H and O–H groups in total. The SMILES string of the molecule is O=c1c2c(C(F)(F)F)cccc2ncn1C[C@@H](O)C[C@H]1NCCC[C@@H]1O. The Morgan fingerprint density at radius 2 is 2.15 bits per heavy atom. The fourth-order valence-electron chi connectivity index (χ4n) is 3.34. The van der Waals surface area contributed by atoms with Gasteiger partial charge in [0, 0.05) is 6.04 Å². The van der Waals surface area contributed by atoms with Gasteiger partial charge in [-0.1, -0.05) is 6.07 Å². The van der Waals surface area contributed by atoms with Crippen LogP contribution in [-0.4, -0.2) is 44.6 Å². The zero-order chi connectivity index (χ0) is 18.9. The van der Waals surface area contributed by atoms with E-state index in [2.05, 4.69) is 10.3 Å². The van der Waals surface area contributed by atoms with Crippen LogP contribution in [0.3, 0.4) is 0 Å². The van der Waals surface area contributed by atoms with E-state index in [0.717, 1.165) is 29.9 Å². The number of nitrogens with zero attached hydrogens (tertiary/aromatic N) is 2. The molecule has 1 fully saturated rings. The van der Waals surface area contributed by atoms with Crippen LogP contribution in [0.4, 0.5) is 13.2 Å². The van der Waals surface area contributed by atoms with Gasteiger partial charge in [0.1, 0.15) is 0 Å². The number of rotatable bonds is 4. The minimum atomic E-state index is -4.67. The van der Waals surface area contributed by atoms with Crippen molar-refractivity contribution in [3.63, 3.8) is 0 Å². The molecule has 0 amide bonds. The molecule has 0 saturated carbocycles. The second-order valence-corrected chi connectivity index (χ2v) is 6.56. The lowest BCUT2D eigenvalue weighted by Gasteiger charge is -2.30. The fraction of sp³-hybridized carbons (Fsp3) is 0.529. The summed E-state index contributed by atoms with van der Waals surface area (Å²) in [5, 5.41) is 22.8. The van der Waals surface area contributed by atoms with E-state index in [9.17, 15) is 28.2 Å². The van der Waals surface area contributed by atoms with E-state index in [0.29, 0.717) is 6.42 Å². The van der Waals surface area contributed by atoms with Crippen LogP contribution < -0.4 is 10.9 Å². The number of alkyl halides is 3. The largest absolute Gasteiger partial charge is 0.417 e. The van der Waals surface area contributed by atoms with Gasteiger partial charge in [-0.2, -0.15) is 13.2 Å². The van der Waals surface area contributed by atoms with E-state index >= 15 is 0 Å². The third-order valence-electron chi connectivity index (χ3n) is 4.64. The quantitative estimate of drug-likeness (QED) is 0.754. The molecule has 0 bridgehead atoms. The third kappa shape index (κ3) is 3.89. The van der Waals surface area contributed by atoms with Crippen LogP contribution in [0.5, 0.6) is 0 Å². The first kappa shape index (κ1) is 18.8. The van der Waals surface area contributed by atoms with Gasteiger partial charge in [-0.15, -0.1) is 0 Å². The molecular formula is C17H20F3N3O3. The average Bonchev–Trinajstić information content (AvgIpc) is 2.58. The highest BCUT2D eigenvalue weighted by molar-refractivity contribution is 5.81. The summed E-state index contributed by atoms with van der Waals surface area (Å²) in [6, 6.07) is 3.07. The zero-order valence-corrected chi connectivity index (χ0v) is 13.9. The van der Waals surface area contributed by atoms with Gasteiger partial charge >= 0.3 is 6.18 Å². The van der Waals surface area contributed by atoms with Gasteiger partial charge in [0.2, 0.25) is 0 Å². The highest BCUT2D eigenvalue weighted by atomic mass is 19.4. The van der Waals surface area contributed by atoms with Crippen molar-refractivity contribution in [3.8, 4) is 0 Å². The number of halogens is 3. The van der Waals surface area contributed by atoms with Crippen molar-refractivity contribution in [1.82, 2.24) is 14.9 Å². The molecule has 1 aromatic heterocycles. The van der Waals surface area contributed by atoms with Crippen LogP contribution in [0.25, 0.3) is 10.9 Å². The fourth-order valence-corrected chi connectivity index (χ4v) is 3.34. The lowest BCUT2D eigenvalue weighted by molar-refractivity contribution is -0.136. The summed E-state index contributed by atoms with van der Waals surface area (Å²) in [5.41, 5.74) is -1.93. The lowest BCUT2D eigenvalue weighted by atomic mass is 9.96. The van der Waals surface area contributed by atoms with Gasteiger partial charge in [-0.05, 0) is 37.9 Å². The summed E-state index contributed by atoms with van der Waals surface area (Å²) in [6.07, 6.45) is -3.49. The summed E-state index contributed by atoms with van der Waals surface area (Å²) in [7, 11) is 0. The van der Waals surface area contributed by atoms with Gasteiger partial charge in [-0.3, -0.25) is 9.36 Å². The standard InChI is InChI=1S/C17H20F3N3O3/c18-17(19,20)11-3-1-4-12-15(11)16(26)23(9-22-12)8-10(24)7-13-14(25)5-2-6-21-13/h1,3-4,9-10,13-14,21,24-25H,2,5-8H2/t10-,13+,14-/m0/s1. The predicted octanol–water partition coefficient (Wildman–Crippen LogP) is 1.28. The Hall–Kier alpha value is -1.97. The van der Waals surface area contributed by atoms with E-state index in [1.807, 2.05) is 0 Å². The third-order valence-corrected chi connectivity index (χ3v) is 4.64. The van der Waals surface area contributed by atoms with Crippen molar-refractivity contribution in [2.75, 3.05) is 6.54 Å². The van der Waals surface area contributed by atoms with E-state index < -0.39 is 34.9 Å². The average molecular weight is 371 g/mol. The Labute approximate surface area is 147 Å². The summed E-state index contributed by atoms with van der Waals surface area (Å²) >= 11 is 0. The van der Waals surface area contributed by atoms with Crippen LogP contribution >= 0.6 is 0 Å². The number of benzene rings is 1. The topological polar surface area (TPSA) is 87.4 Å². The van der Waals surface area contributed by atoms with Gasteiger partial charge in [0.15, 0.2) is 0 Å². The molecule has 142 valence electrons. The first-order chi connectivity index (χ1) is 12.3. The minimum absolute atomic E-state index is 0.0417. The Bertz CT molecular complexity index is 837. The van der Waals surface area contributed by atoms with Crippen LogP contribution in [0.15, 0.2) is 29.3 Å². The molecule has 2 heterocycles. The molecule has 1 saturated heterocycles. The number of fused-ring (bicyclic) bond motifs is 1. The van der Waals surface area contributed by atoms with Crippen molar-refractivity contribution in [2.24, 2.45) is 0 Å². The smallest absolute Gasteiger partial charge is 0.392 e. The highest BCUT2D eigenvalue weighted by Crippen LogP contribution is 2.32. The number of hydrogen-bond acceptors (Lipinski definition) is 5. The maximum absolute atomic E-state index is 13.2. The van der Waals surface area contributed by atoms with Gasteiger partial charge < -0.3 is 15.5 Å². The molecule has 0 unspecified atom stereocenters. The van der Waals surface area contributed by atoms with E-state index in [4.69, 9.17) is 0 Å². The molecule has 1 aromatic carbocycles. The molecule has 3 rings (SSSR count). The van der Waals surface area contributed by atoms with Crippen molar-refractivity contribution >= 4 is 10.9 Å². The molecule has 6 nitrogen and oxygen atoms in total. The monoisotopic (exact) mass is 371 g/mol. The van der Waals surface area contributed by atoms with E-state index in [-0.39, 0.29) is 24.5 Å². The lowest BCUT2D eigenvalue weighted by Crippen LogP contribution is -2.47. The Kier molecular flexibility index (Phi) is 5.31. The van der Waals surface area contributed by atoms with Crippen molar-refractivity contribution in [3.05, 3.63) is 40.4 Å². The molecule has 1 aliphatic heterocycles. The normalized spacial score (nSPS) is 22.5. The highest BCUT2D eigenvalue weighted by Gasteiger charge is 2.34. The molecule has 1 aliphatic rings. The summed E-state index contributed by atoms with van der Waals surface area (Å²) in [4.78, 5) is 16.5. The maximum atomic E-state index is 13.2. The molecule has 26 heavy (non-hydrogen) atoms. The van der Waals surface area contributed by atoms with Crippen LogP contribution in [-0.2, 0) is 12.7 Å². The maximum Gasteiger partial charge on any atom is 0.417 e. The second-order valence-electron chi connectivity index (χ2n) is 6.56. The number of aliphatic hydroxyl groups is 2. The van der Waals surface area contributed by atoms with Crippen LogP contribution in [0, 0.1) is 0 Å². The van der Waals surface area contributed by atoms with Gasteiger partial charge in [0.05, 0.1) is 41.5 Å². The van der Waals surface area contributed by atoms with E-state index in [1.165, 1.54) is 12.1 Å². The first-order valence-electron chi connectivity index (χ1n) is 8.42. The Morgan fingerprint density at radius 3 is 2.85 bits per heavy atom. The number of nitrogens with one attached hydrogen (secondary N) is 1. The summed E-state index contributed by atoms with van der Waals surface area (Å²) in [6.45, 7) is 0.528. The minimum Gasteiger partial charge on any atom is -0.392 e. The van der Waals surface area contributed by atoms with Gasteiger partial charge in [0.25, 0.3) is 5.56 Å². The molecule has 2 aromatic rings. The molecular weight excluding hydrogens is 351 g/mol. The molecule has 0 radical (unpaired) electrons. The number of hydrogen-bond donors (Lipinski definition) is 3. The van der Waals surface area contributed by atoms with E-state index in [1.54, 1.807) is 0 Å².